The molecule has 10 nitrogen and oxygen atoms in total. The Hall–Kier alpha value is -3.44. The maximum atomic E-state index is 12.3. The summed E-state index contributed by atoms with van der Waals surface area (Å²) in [7, 11) is -3.66. The van der Waals surface area contributed by atoms with Crippen LogP contribution in [0.5, 0.6) is 5.75 Å². The van der Waals surface area contributed by atoms with Gasteiger partial charge in [-0.25, -0.2) is 13.8 Å². The zero-order valence-electron chi connectivity index (χ0n) is 19.8. The van der Waals surface area contributed by atoms with Gasteiger partial charge in [-0.3, -0.25) is 13.9 Å². The molecule has 2 aromatic rings. The van der Waals surface area contributed by atoms with Crippen LogP contribution in [0.25, 0.3) is 0 Å². The van der Waals surface area contributed by atoms with Crippen molar-refractivity contribution in [2.45, 2.75) is 25.9 Å². The third kappa shape index (κ3) is 8.69. The van der Waals surface area contributed by atoms with E-state index in [1.807, 2.05) is 6.92 Å². The molecule has 1 atom stereocenters. The molecule has 0 unspecified atom stereocenters. The highest BCUT2D eigenvalue weighted by atomic mass is 32.2. The molecule has 1 saturated heterocycles. The normalized spacial score (nSPS) is 15.7. The Bertz CT molecular complexity index is 1130. The van der Waals surface area contributed by atoms with E-state index < -0.39 is 22.5 Å². The van der Waals surface area contributed by atoms with E-state index in [0.717, 1.165) is 35.6 Å². The molecule has 2 aromatic carbocycles. The summed E-state index contributed by atoms with van der Waals surface area (Å²) in [6, 6.07) is 13.6. The molecule has 35 heavy (non-hydrogen) atoms. The van der Waals surface area contributed by atoms with Crippen LogP contribution < -0.4 is 19.8 Å². The van der Waals surface area contributed by atoms with Crippen LogP contribution in [0.1, 0.15) is 24.0 Å². The summed E-state index contributed by atoms with van der Waals surface area (Å²) < 4.78 is 36.2. The number of hydrazone groups is 1. The van der Waals surface area contributed by atoms with E-state index in [9.17, 15) is 18.0 Å². The third-order valence-corrected chi connectivity index (χ3v) is 6.35. The molecule has 3 rings (SSSR count). The number of benzene rings is 2. The molecule has 0 saturated carbocycles. The number of sulfonamides is 1. The van der Waals surface area contributed by atoms with Gasteiger partial charge in [0.1, 0.15) is 12.3 Å². The van der Waals surface area contributed by atoms with Crippen molar-refractivity contribution in [1.82, 2.24) is 10.7 Å². The number of hydrogen-bond donors (Lipinski definition) is 2. The fraction of sp³-hybridized carbons (Fsp3) is 0.375. The lowest BCUT2D eigenvalue weighted by molar-refractivity contribution is -0.123. The SMILES string of the molecule is Cc1ccc(N(CC(=O)N/N=C\c2ccc(OCC(=O)NC[C@H]3CCCO3)cc2)S(C)(=O)=O)cc1. The first-order chi connectivity index (χ1) is 16.7. The number of nitrogens with one attached hydrogen (secondary N) is 2. The maximum Gasteiger partial charge on any atom is 0.260 e. The van der Waals surface area contributed by atoms with Crippen LogP contribution >= 0.6 is 0 Å². The highest BCUT2D eigenvalue weighted by Crippen LogP contribution is 2.18. The smallest absolute Gasteiger partial charge is 0.260 e. The van der Waals surface area contributed by atoms with Crippen molar-refractivity contribution in [2.75, 3.05) is 36.9 Å². The molecule has 1 aliphatic heterocycles. The summed E-state index contributed by atoms with van der Waals surface area (Å²) in [5.41, 5.74) is 4.39. The topological polar surface area (TPSA) is 126 Å². The average molecular weight is 503 g/mol. The zero-order valence-corrected chi connectivity index (χ0v) is 20.6. The van der Waals surface area contributed by atoms with Crippen LogP contribution in [0.2, 0.25) is 0 Å². The van der Waals surface area contributed by atoms with Gasteiger partial charge in [-0.15, -0.1) is 0 Å². The van der Waals surface area contributed by atoms with Crippen molar-refractivity contribution in [3.8, 4) is 5.75 Å². The van der Waals surface area contributed by atoms with Gasteiger partial charge >= 0.3 is 0 Å². The second-order valence-electron chi connectivity index (χ2n) is 8.20. The van der Waals surface area contributed by atoms with E-state index in [1.165, 1.54) is 6.21 Å². The van der Waals surface area contributed by atoms with Crippen molar-refractivity contribution in [3.05, 3.63) is 59.7 Å². The molecule has 0 aliphatic carbocycles. The first-order valence-corrected chi connectivity index (χ1v) is 13.0. The Morgan fingerprint density at radius 1 is 1.14 bits per heavy atom. The molecule has 0 aromatic heterocycles. The van der Waals surface area contributed by atoms with Crippen LogP contribution in [-0.2, 0) is 24.3 Å². The van der Waals surface area contributed by atoms with Crippen LogP contribution in [0, 0.1) is 6.92 Å². The minimum atomic E-state index is -3.66. The van der Waals surface area contributed by atoms with E-state index in [-0.39, 0.29) is 18.6 Å². The van der Waals surface area contributed by atoms with E-state index in [0.29, 0.717) is 23.5 Å². The molecule has 1 aliphatic rings. The number of amides is 2. The number of anilines is 1. The van der Waals surface area contributed by atoms with Crippen LogP contribution in [0.4, 0.5) is 5.69 Å². The standard InChI is InChI=1S/C24H30N4O6S/c1-18-5-9-20(10-6-18)28(35(2,31)32)16-23(29)27-26-14-19-7-11-21(12-8-19)34-17-24(30)25-15-22-4-3-13-33-22/h5-12,14,22H,3-4,13,15-17H2,1-2H3,(H,25,30)(H,27,29)/b26-14-/t22-/m1/s1. The Kier molecular flexibility index (Phi) is 9.21. The summed E-state index contributed by atoms with van der Waals surface area (Å²) in [6.07, 6.45) is 4.51. The number of aryl methyl sites for hydroxylation is 1. The Morgan fingerprint density at radius 2 is 1.86 bits per heavy atom. The quantitative estimate of drug-likeness (QED) is 0.355. The van der Waals surface area contributed by atoms with Crippen molar-refractivity contribution in [3.63, 3.8) is 0 Å². The minimum Gasteiger partial charge on any atom is -0.484 e. The van der Waals surface area contributed by atoms with Crippen LogP contribution in [0.3, 0.4) is 0 Å². The number of nitrogens with zero attached hydrogens (tertiary/aromatic N) is 2. The van der Waals surface area contributed by atoms with Gasteiger partial charge in [-0.05, 0) is 61.7 Å². The number of carbonyl (C=O) groups excluding carboxylic acids is 2. The van der Waals surface area contributed by atoms with Gasteiger partial charge in [-0.2, -0.15) is 5.10 Å². The van der Waals surface area contributed by atoms with Crippen molar-refractivity contribution in [1.29, 1.82) is 0 Å². The van der Waals surface area contributed by atoms with E-state index in [4.69, 9.17) is 9.47 Å². The number of carbonyl (C=O) groups is 2. The molecular formula is C24H30N4O6S. The van der Waals surface area contributed by atoms with Gasteiger partial charge in [0.2, 0.25) is 10.0 Å². The summed E-state index contributed by atoms with van der Waals surface area (Å²) >= 11 is 0. The molecule has 1 heterocycles. The summed E-state index contributed by atoms with van der Waals surface area (Å²) in [5, 5.41) is 6.68. The van der Waals surface area contributed by atoms with Gasteiger partial charge in [0.15, 0.2) is 6.61 Å². The van der Waals surface area contributed by atoms with Crippen molar-refractivity contribution in [2.24, 2.45) is 5.10 Å². The fourth-order valence-electron chi connectivity index (χ4n) is 3.34. The molecule has 1 fully saturated rings. The van der Waals surface area contributed by atoms with Crippen LogP contribution in [0.15, 0.2) is 53.6 Å². The molecule has 0 bridgehead atoms. The monoisotopic (exact) mass is 502 g/mol. The number of rotatable bonds is 11. The summed E-state index contributed by atoms with van der Waals surface area (Å²) in [4.78, 5) is 24.2. The predicted octanol–water partition coefficient (Wildman–Crippen LogP) is 1.59. The Morgan fingerprint density at radius 3 is 2.49 bits per heavy atom. The van der Waals surface area contributed by atoms with Gasteiger partial charge in [0.25, 0.3) is 11.8 Å². The first-order valence-electron chi connectivity index (χ1n) is 11.2. The Labute approximate surface area is 205 Å². The molecule has 188 valence electrons. The minimum absolute atomic E-state index is 0.0788. The maximum absolute atomic E-state index is 12.3. The van der Waals surface area contributed by atoms with E-state index >= 15 is 0 Å². The number of hydrogen-bond acceptors (Lipinski definition) is 7. The molecule has 0 radical (unpaired) electrons. The lowest BCUT2D eigenvalue weighted by Gasteiger charge is -2.21. The van der Waals surface area contributed by atoms with E-state index in [1.54, 1.807) is 48.5 Å². The highest BCUT2D eigenvalue weighted by Gasteiger charge is 2.20. The largest absolute Gasteiger partial charge is 0.484 e. The lowest BCUT2D eigenvalue weighted by Crippen LogP contribution is -2.39. The van der Waals surface area contributed by atoms with Crippen molar-refractivity contribution < 1.29 is 27.5 Å². The predicted molar refractivity (Wildman–Crippen MR) is 133 cm³/mol. The molecule has 2 N–H and O–H groups in total. The lowest BCUT2D eigenvalue weighted by atomic mass is 10.2. The summed E-state index contributed by atoms with van der Waals surface area (Å²) in [6.45, 7) is 2.60. The highest BCUT2D eigenvalue weighted by molar-refractivity contribution is 7.92. The summed E-state index contributed by atoms with van der Waals surface area (Å²) in [5.74, 6) is -0.288. The van der Waals surface area contributed by atoms with Crippen molar-refractivity contribution >= 4 is 33.7 Å². The van der Waals surface area contributed by atoms with Gasteiger partial charge in [0.05, 0.1) is 24.3 Å². The van der Waals surface area contributed by atoms with Gasteiger partial charge < -0.3 is 14.8 Å². The van der Waals surface area contributed by atoms with Gasteiger partial charge in [0, 0.05) is 13.2 Å². The van der Waals surface area contributed by atoms with Gasteiger partial charge in [-0.1, -0.05) is 17.7 Å². The average Bonchev–Trinajstić information content (AvgIpc) is 3.34. The fourth-order valence-corrected chi connectivity index (χ4v) is 4.20. The second kappa shape index (κ2) is 12.3. The van der Waals surface area contributed by atoms with Crippen LogP contribution in [-0.4, -0.2) is 65.1 Å². The Balaban J connectivity index is 1.44. The molecule has 11 heteroatoms. The number of ether oxygens (including phenoxy) is 2. The molecular weight excluding hydrogens is 472 g/mol. The zero-order chi connectivity index (χ0) is 25.3. The third-order valence-electron chi connectivity index (χ3n) is 5.21. The molecule has 2 amide bonds. The molecule has 0 spiro atoms. The first kappa shape index (κ1) is 26.2. The van der Waals surface area contributed by atoms with E-state index in [2.05, 4.69) is 15.8 Å². The second-order valence-corrected chi connectivity index (χ2v) is 10.1.